The van der Waals surface area contributed by atoms with Crippen LogP contribution in [0.2, 0.25) is 0 Å². The Hall–Kier alpha value is -6.79. The van der Waals surface area contributed by atoms with Crippen LogP contribution < -0.4 is 0 Å². The van der Waals surface area contributed by atoms with Crippen LogP contribution in [0, 0.1) is 0 Å². The van der Waals surface area contributed by atoms with E-state index in [1.165, 1.54) is 5.56 Å². The molecule has 0 aliphatic heterocycles. The Bertz CT molecular complexity index is 2570. The molecule has 0 N–H and O–H groups in total. The zero-order valence-electron chi connectivity index (χ0n) is 26.2. The molecule has 9 aromatic rings. The van der Waals surface area contributed by atoms with E-state index < -0.39 is 0 Å². The van der Waals surface area contributed by atoms with Crippen LogP contribution in [0.25, 0.3) is 89.9 Å². The molecular weight excluding hydrogens is 603 g/mol. The van der Waals surface area contributed by atoms with E-state index in [4.69, 9.17) is 24.4 Å². The first-order valence-electron chi connectivity index (χ1n) is 16.1. The molecule has 4 aromatic heterocycles. The molecule has 0 bridgehead atoms. The van der Waals surface area contributed by atoms with Crippen LogP contribution in [0.4, 0.5) is 0 Å². The number of furan rings is 1. The number of rotatable bonds is 6. The maximum absolute atomic E-state index is 6.25. The molecule has 6 nitrogen and oxygen atoms in total. The lowest BCUT2D eigenvalue weighted by molar-refractivity contribution is 0.652. The molecule has 6 heteroatoms. The van der Waals surface area contributed by atoms with Crippen molar-refractivity contribution in [2.24, 2.45) is 0 Å². The van der Waals surface area contributed by atoms with Crippen molar-refractivity contribution in [1.82, 2.24) is 24.9 Å². The Kier molecular flexibility index (Phi) is 7.02. The predicted molar refractivity (Wildman–Crippen MR) is 195 cm³/mol. The Labute approximate surface area is 282 Å². The Balaban J connectivity index is 1.14. The van der Waals surface area contributed by atoms with Crippen molar-refractivity contribution in [3.05, 3.63) is 164 Å². The van der Waals surface area contributed by atoms with Crippen LogP contribution in [0.3, 0.4) is 0 Å². The number of fused-ring (bicyclic) bond motifs is 3. The molecule has 0 fully saturated rings. The Morgan fingerprint density at radius 1 is 0.388 bits per heavy atom. The third kappa shape index (κ3) is 5.41. The minimum atomic E-state index is 0.536. The van der Waals surface area contributed by atoms with Crippen LogP contribution in [0.15, 0.2) is 168 Å². The molecule has 0 atom stereocenters. The summed E-state index contributed by atoms with van der Waals surface area (Å²) >= 11 is 0. The molecule has 9 rings (SSSR count). The van der Waals surface area contributed by atoms with Gasteiger partial charge in [-0.2, -0.15) is 0 Å². The molecule has 230 valence electrons. The number of hydrogen-bond donors (Lipinski definition) is 0. The highest BCUT2D eigenvalue weighted by atomic mass is 16.3. The third-order valence-corrected chi connectivity index (χ3v) is 8.62. The molecule has 49 heavy (non-hydrogen) atoms. The number of aromatic nitrogens is 5. The molecular formula is C43H27N5O. The minimum absolute atomic E-state index is 0.536. The summed E-state index contributed by atoms with van der Waals surface area (Å²) in [4.78, 5) is 24.4. The second-order valence-corrected chi connectivity index (χ2v) is 11.7. The van der Waals surface area contributed by atoms with E-state index >= 15 is 0 Å². The van der Waals surface area contributed by atoms with Crippen LogP contribution in [-0.2, 0) is 0 Å². The summed E-state index contributed by atoms with van der Waals surface area (Å²) in [5.41, 5.74) is 11.4. The predicted octanol–water partition coefficient (Wildman–Crippen LogP) is 10.6. The minimum Gasteiger partial charge on any atom is -0.434 e. The van der Waals surface area contributed by atoms with Crippen LogP contribution in [-0.4, -0.2) is 24.9 Å². The molecule has 0 saturated heterocycles. The highest BCUT2D eigenvalue weighted by Crippen LogP contribution is 2.36. The lowest BCUT2D eigenvalue weighted by atomic mass is 10.0. The molecule has 4 heterocycles. The smallest absolute Gasteiger partial charge is 0.229 e. The summed E-state index contributed by atoms with van der Waals surface area (Å²) in [6.45, 7) is 0. The van der Waals surface area contributed by atoms with Gasteiger partial charge in [0.2, 0.25) is 5.71 Å². The molecule has 0 spiro atoms. The molecule has 0 aliphatic rings. The zero-order valence-corrected chi connectivity index (χ0v) is 26.2. The van der Waals surface area contributed by atoms with Gasteiger partial charge in [-0.3, -0.25) is 0 Å². The van der Waals surface area contributed by atoms with Gasteiger partial charge in [-0.05, 0) is 29.3 Å². The van der Waals surface area contributed by atoms with E-state index in [1.54, 1.807) is 6.20 Å². The van der Waals surface area contributed by atoms with Gasteiger partial charge in [0.05, 0.1) is 16.8 Å². The third-order valence-electron chi connectivity index (χ3n) is 8.62. The van der Waals surface area contributed by atoms with Crippen LogP contribution in [0.1, 0.15) is 0 Å². The number of benzene rings is 5. The average Bonchev–Trinajstić information content (AvgIpc) is 3.57. The van der Waals surface area contributed by atoms with E-state index in [0.29, 0.717) is 28.6 Å². The molecule has 0 radical (unpaired) electrons. The molecule has 5 aromatic carbocycles. The fourth-order valence-electron chi connectivity index (χ4n) is 6.11. The van der Waals surface area contributed by atoms with Crippen molar-refractivity contribution in [3.8, 4) is 67.7 Å². The second-order valence-electron chi connectivity index (χ2n) is 11.7. The first-order chi connectivity index (χ1) is 24.3. The SMILES string of the molecule is c1ccc(-c2ccc(-c3cc(-c4ccc(-c5nc(-c6ccccc6)nc6c5oc5ncccc56)cc4)nc(-c4ccccc4)n3)cc2)cc1. The second kappa shape index (κ2) is 12.1. The van der Waals surface area contributed by atoms with Crippen molar-refractivity contribution < 1.29 is 4.42 Å². The van der Waals surface area contributed by atoms with E-state index in [2.05, 4.69) is 83.8 Å². The van der Waals surface area contributed by atoms with Crippen LogP contribution >= 0.6 is 0 Å². The van der Waals surface area contributed by atoms with Gasteiger partial charge in [0.1, 0.15) is 11.2 Å². The standard InChI is InChI=1S/C43H27N5O/c1-4-11-28(12-5-1)29-18-20-30(21-19-29)36-27-37(46-41(45-36)33-13-6-2-7-14-33)31-22-24-32(25-23-31)38-40-39(35-17-10-26-44-43(35)49-40)48-42(47-38)34-15-8-3-9-16-34/h1-27H. The average molecular weight is 630 g/mol. The Morgan fingerprint density at radius 2 is 0.878 bits per heavy atom. The summed E-state index contributed by atoms with van der Waals surface area (Å²) in [5, 5.41) is 0.855. The maximum Gasteiger partial charge on any atom is 0.229 e. The monoisotopic (exact) mass is 629 g/mol. The van der Waals surface area contributed by atoms with E-state index in [-0.39, 0.29) is 0 Å². The van der Waals surface area contributed by atoms with Gasteiger partial charge in [-0.25, -0.2) is 24.9 Å². The number of pyridine rings is 1. The fraction of sp³-hybridized carbons (Fsp3) is 0. The van der Waals surface area contributed by atoms with Crippen molar-refractivity contribution in [2.45, 2.75) is 0 Å². The van der Waals surface area contributed by atoms with E-state index in [0.717, 1.165) is 55.7 Å². The van der Waals surface area contributed by atoms with Gasteiger partial charge >= 0.3 is 0 Å². The molecule has 0 saturated carbocycles. The lowest BCUT2D eigenvalue weighted by Crippen LogP contribution is -1.96. The van der Waals surface area contributed by atoms with E-state index in [1.807, 2.05) is 78.9 Å². The molecule has 0 amide bonds. The summed E-state index contributed by atoms with van der Waals surface area (Å²) in [7, 11) is 0. The highest BCUT2D eigenvalue weighted by Gasteiger charge is 2.19. The first kappa shape index (κ1) is 28.4. The summed E-state index contributed by atoms with van der Waals surface area (Å²) < 4.78 is 6.25. The zero-order chi connectivity index (χ0) is 32.6. The lowest BCUT2D eigenvalue weighted by Gasteiger charge is -2.11. The topological polar surface area (TPSA) is 77.6 Å². The number of hydrogen-bond acceptors (Lipinski definition) is 6. The normalized spacial score (nSPS) is 11.3. The molecule has 0 aliphatic carbocycles. The van der Waals surface area contributed by atoms with Gasteiger partial charge in [-0.1, -0.05) is 140 Å². The summed E-state index contributed by atoms with van der Waals surface area (Å²) in [6.07, 6.45) is 1.72. The maximum atomic E-state index is 6.25. The largest absolute Gasteiger partial charge is 0.434 e. The first-order valence-corrected chi connectivity index (χ1v) is 16.1. The van der Waals surface area contributed by atoms with Crippen molar-refractivity contribution in [2.75, 3.05) is 0 Å². The van der Waals surface area contributed by atoms with Gasteiger partial charge in [0, 0.05) is 34.0 Å². The fourth-order valence-corrected chi connectivity index (χ4v) is 6.11. The quantitative estimate of drug-likeness (QED) is 0.182. The van der Waals surface area contributed by atoms with Crippen LogP contribution in [0.5, 0.6) is 0 Å². The van der Waals surface area contributed by atoms with Crippen molar-refractivity contribution >= 4 is 22.2 Å². The van der Waals surface area contributed by atoms with Gasteiger partial charge < -0.3 is 4.42 Å². The van der Waals surface area contributed by atoms with Crippen molar-refractivity contribution in [1.29, 1.82) is 0 Å². The molecule has 0 unspecified atom stereocenters. The number of nitrogens with zero attached hydrogens (tertiary/aromatic N) is 5. The van der Waals surface area contributed by atoms with Gasteiger partial charge in [0.25, 0.3) is 0 Å². The van der Waals surface area contributed by atoms with Gasteiger partial charge in [0.15, 0.2) is 17.2 Å². The highest BCUT2D eigenvalue weighted by molar-refractivity contribution is 6.06. The summed E-state index contributed by atoms with van der Waals surface area (Å²) in [6, 6.07) is 53.2. The van der Waals surface area contributed by atoms with Gasteiger partial charge in [-0.15, -0.1) is 0 Å². The Morgan fingerprint density at radius 3 is 1.47 bits per heavy atom. The summed E-state index contributed by atoms with van der Waals surface area (Å²) in [5.74, 6) is 1.30. The van der Waals surface area contributed by atoms with Crippen molar-refractivity contribution in [3.63, 3.8) is 0 Å². The van der Waals surface area contributed by atoms with E-state index in [9.17, 15) is 0 Å².